The fraction of sp³-hybridized carbons (Fsp3) is 0.467. The average Bonchev–Trinajstić information content (AvgIpc) is 2.50. The number of rotatable bonds is 4. The van der Waals surface area contributed by atoms with Crippen molar-refractivity contribution < 1.29 is 14.3 Å². The predicted molar refractivity (Wildman–Crippen MR) is 83.2 cm³/mol. The molecular formula is C15H19BrN2O3. The SMILES string of the molecule is Cc1ccc(Br)c(C(=O)NCCC(=O)N2CCOCC2)c1. The Bertz CT molecular complexity index is 528. The van der Waals surface area contributed by atoms with Crippen LogP contribution in [-0.4, -0.2) is 49.6 Å². The molecule has 21 heavy (non-hydrogen) atoms. The predicted octanol–water partition coefficient (Wildman–Crippen LogP) is 1.74. The fourth-order valence-electron chi connectivity index (χ4n) is 2.16. The standard InChI is InChI=1S/C15H19BrN2O3/c1-11-2-3-13(16)12(10-11)15(20)17-5-4-14(19)18-6-8-21-9-7-18/h2-3,10H,4-9H2,1H3,(H,17,20). The molecule has 6 heteroatoms. The van der Waals surface area contributed by atoms with E-state index < -0.39 is 0 Å². The smallest absolute Gasteiger partial charge is 0.252 e. The molecule has 1 aromatic rings. The van der Waals surface area contributed by atoms with Crippen molar-refractivity contribution in [1.82, 2.24) is 10.2 Å². The minimum Gasteiger partial charge on any atom is -0.378 e. The van der Waals surface area contributed by atoms with Gasteiger partial charge < -0.3 is 15.0 Å². The van der Waals surface area contributed by atoms with Crippen LogP contribution >= 0.6 is 15.9 Å². The van der Waals surface area contributed by atoms with E-state index in [1.165, 1.54) is 0 Å². The van der Waals surface area contributed by atoms with Crippen LogP contribution in [0.3, 0.4) is 0 Å². The molecule has 1 N–H and O–H groups in total. The van der Waals surface area contributed by atoms with Crippen molar-refractivity contribution in [3.8, 4) is 0 Å². The summed E-state index contributed by atoms with van der Waals surface area (Å²) in [5.41, 5.74) is 1.61. The van der Waals surface area contributed by atoms with Crippen molar-refractivity contribution in [2.24, 2.45) is 0 Å². The summed E-state index contributed by atoms with van der Waals surface area (Å²) in [6, 6.07) is 5.61. The first kappa shape index (κ1) is 16.0. The summed E-state index contributed by atoms with van der Waals surface area (Å²) in [6.45, 7) is 4.73. The molecule has 2 amide bonds. The summed E-state index contributed by atoms with van der Waals surface area (Å²) in [5.74, 6) is -0.109. The molecule has 0 saturated carbocycles. The number of hydrogen-bond acceptors (Lipinski definition) is 3. The summed E-state index contributed by atoms with van der Waals surface area (Å²) < 4.78 is 5.96. The number of hydrogen-bond donors (Lipinski definition) is 1. The Labute approximate surface area is 132 Å². The quantitative estimate of drug-likeness (QED) is 0.895. The molecule has 1 fully saturated rings. The third-order valence-electron chi connectivity index (χ3n) is 3.35. The van der Waals surface area contributed by atoms with Crippen LogP contribution in [-0.2, 0) is 9.53 Å². The lowest BCUT2D eigenvalue weighted by molar-refractivity contribution is -0.135. The molecular weight excluding hydrogens is 336 g/mol. The molecule has 1 saturated heterocycles. The zero-order valence-electron chi connectivity index (χ0n) is 12.0. The molecule has 1 aliphatic heterocycles. The van der Waals surface area contributed by atoms with Crippen LogP contribution in [0.1, 0.15) is 22.3 Å². The third-order valence-corrected chi connectivity index (χ3v) is 4.05. The lowest BCUT2D eigenvalue weighted by atomic mass is 10.1. The number of morpholine rings is 1. The molecule has 5 nitrogen and oxygen atoms in total. The Morgan fingerprint density at radius 3 is 2.76 bits per heavy atom. The first-order valence-corrected chi connectivity index (χ1v) is 7.77. The van der Waals surface area contributed by atoms with Gasteiger partial charge >= 0.3 is 0 Å². The fourth-order valence-corrected chi connectivity index (χ4v) is 2.59. The van der Waals surface area contributed by atoms with Gasteiger partial charge in [0.05, 0.1) is 18.8 Å². The van der Waals surface area contributed by atoms with Gasteiger partial charge in [-0.05, 0) is 35.0 Å². The first-order valence-electron chi connectivity index (χ1n) is 6.98. The maximum Gasteiger partial charge on any atom is 0.252 e. The number of aryl methyl sites for hydroxylation is 1. The maximum atomic E-state index is 12.1. The van der Waals surface area contributed by atoms with Gasteiger partial charge in [-0.15, -0.1) is 0 Å². The Balaban J connectivity index is 1.81. The summed E-state index contributed by atoms with van der Waals surface area (Å²) in [4.78, 5) is 25.8. The highest BCUT2D eigenvalue weighted by molar-refractivity contribution is 9.10. The van der Waals surface area contributed by atoms with E-state index in [9.17, 15) is 9.59 Å². The lowest BCUT2D eigenvalue weighted by Gasteiger charge is -2.26. The van der Waals surface area contributed by atoms with Gasteiger partial charge in [0.25, 0.3) is 5.91 Å². The zero-order valence-corrected chi connectivity index (χ0v) is 13.6. The number of halogens is 1. The number of benzene rings is 1. The molecule has 1 heterocycles. The Morgan fingerprint density at radius 1 is 1.33 bits per heavy atom. The van der Waals surface area contributed by atoms with E-state index in [0.717, 1.165) is 10.0 Å². The van der Waals surface area contributed by atoms with Gasteiger partial charge in [-0.1, -0.05) is 11.6 Å². The first-order chi connectivity index (χ1) is 10.1. The van der Waals surface area contributed by atoms with E-state index in [2.05, 4.69) is 21.2 Å². The molecule has 0 spiro atoms. The van der Waals surface area contributed by atoms with Crippen molar-refractivity contribution in [2.75, 3.05) is 32.8 Å². The maximum absolute atomic E-state index is 12.1. The molecule has 1 aliphatic rings. The van der Waals surface area contributed by atoms with Gasteiger partial charge in [-0.25, -0.2) is 0 Å². The number of ether oxygens (including phenoxy) is 1. The van der Waals surface area contributed by atoms with Crippen molar-refractivity contribution in [2.45, 2.75) is 13.3 Å². The van der Waals surface area contributed by atoms with Crippen LogP contribution < -0.4 is 5.32 Å². The second-order valence-corrected chi connectivity index (χ2v) is 5.84. The Hall–Kier alpha value is -1.40. The largest absolute Gasteiger partial charge is 0.378 e. The number of carbonyl (C=O) groups excluding carboxylic acids is 2. The van der Waals surface area contributed by atoms with Crippen LogP contribution in [0, 0.1) is 6.92 Å². The van der Waals surface area contributed by atoms with Gasteiger partial charge in [0.2, 0.25) is 5.91 Å². The lowest BCUT2D eigenvalue weighted by Crippen LogP contribution is -2.42. The van der Waals surface area contributed by atoms with Crippen LogP contribution in [0.5, 0.6) is 0 Å². The third kappa shape index (κ3) is 4.54. The van der Waals surface area contributed by atoms with E-state index in [1.54, 1.807) is 4.90 Å². The van der Waals surface area contributed by atoms with Crippen molar-refractivity contribution in [1.29, 1.82) is 0 Å². The highest BCUT2D eigenvalue weighted by Crippen LogP contribution is 2.17. The highest BCUT2D eigenvalue weighted by Gasteiger charge is 2.17. The van der Waals surface area contributed by atoms with Crippen LogP contribution in [0.4, 0.5) is 0 Å². The van der Waals surface area contributed by atoms with Gasteiger partial charge in [-0.2, -0.15) is 0 Å². The molecule has 0 atom stereocenters. The Morgan fingerprint density at radius 2 is 2.05 bits per heavy atom. The molecule has 1 aromatic carbocycles. The van der Waals surface area contributed by atoms with Gasteiger partial charge in [0.1, 0.15) is 0 Å². The van der Waals surface area contributed by atoms with Crippen molar-refractivity contribution in [3.05, 3.63) is 33.8 Å². The highest BCUT2D eigenvalue weighted by atomic mass is 79.9. The van der Waals surface area contributed by atoms with Gasteiger partial charge in [0, 0.05) is 30.5 Å². The van der Waals surface area contributed by atoms with Gasteiger partial charge in [-0.3, -0.25) is 9.59 Å². The van der Waals surface area contributed by atoms with Crippen molar-refractivity contribution >= 4 is 27.7 Å². The van der Waals surface area contributed by atoms with Crippen molar-refractivity contribution in [3.63, 3.8) is 0 Å². The van der Waals surface area contributed by atoms with Crippen LogP contribution in [0.15, 0.2) is 22.7 Å². The molecule has 0 radical (unpaired) electrons. The summed E-state index contributed by atoms with van der Waals surface area (Å²) in [6.07, 6.45) is 0.315. The van der Waals surface area contributed by atoms with E-state index >= 15 is 0 Å². The van der Waals surface area contributed by atoms with Gasteiger partial charge in [0.15, 0.2) is 0 Å². The normalized spacial score (nSPS) is 14.9. The molecule has 0 aliphatic carbocycles. The molecule has 2 rings (SSSR count). The average molecular weight is 355 g/mol. The molecule has 114 valence electrons. The number of carbonyl (C=O) groups is 2. The summed E-state index contributed by atoms with van der Waals surface area (Å²) in [5, 5.41) is 2.79. The minimum atomic E-state index is -0.166. The molecule has 0 bridgehead atoms. The number of amides is 2. The number of nitrogens with one attached hydrogen (secondary N) is 1. The summed E-state index contributed by atoms with van der Waals surface area (Å²) >= 11 is 3.36. The Kier molecular flexibility index (Phi) is 5.76. The summed E-state index contributed by atoms with van der Waals surface area (Å²) in [7, 11) is 0. The van der Waals surface area contributed by atoms with E-state index in [-0.39, 0.29) is 11.8 Å². The molecule has 0 unspecified atom stereocenters. The topological polar surface area (TPSA) is 58.6 Å². The van der Waals surface area contributed by atoms with E-state index in [1.807, 2.05) is 25.1 Å². The minimum absolute atomic E-state index is 0.0573. The van der Waals surface area contributed by atoms with Crippen LogP contribution in [0.25, 0.3) is 0 Å². The van der Waals surface area contributed by atoms with E-state index in [0.29, 0.717) is 44.8 Å². The second kappa shape index (κ2) is 7.56. The monoisotopic (exact) mass is 354 g/mol. The van der Waals surface area contributed by atoms with Crippen LogP contribution in [0.2, 0.25) is 0 Å². The number of nitrogens with zero attached hydrogens (tertiary/aromatic N) is 1. The molecule has 0 aromatic heterocycles. The van der Waals surface area contributed by atoms with E-state index in [4.69, 9.17) is 4.74 Å². The zero-order chi connectivity index (χ0) is 15.2. The second-order valence-electron chi connectivity index (χ2n) is 4.98.